The van der Waals surface area contributed by atoms with E-state index >= 15 is 0 Å². The van der Waals surface area contributed by atoms with Crippen LogP contribution in [0.5, 0.6) is 0 Å². The molecule has 0 atom stereocenters. The lowest BCUT2D eigenvalue weighted by Gasteiger charge is -1.92. The minimum atomic E-state index is 0.815. The van der Waals surface area contributed by atoms with E-state index < -0.39 is 0 Å². The van der Waals surface area contributed by atoms with Gasteiger partial charge in [-0.15, -0.1) is 11.3 Å². The Morgan fingerprint density at radius 3 is 2.64 bits per heavy atom. The third kappa shape index (κ3) is 1.47. The van der Waals surface area contributed by atoms with Crippen LogP contribution in [0.1, 0.15) is 22.9 Å². The lowest BCUT2D eigenvalue weighted by Crippen LogP contribution is -1.83. The number of aryl methyl sites for hydroxylation is 1. The topological polar surface area (TPSA) is 23.8 Å². The maximum absolute atomic E-state index is 8.77. The molecule has 0 saturated carbocycles. The van der Waals surface area contributed by atoms with Gasteiger partial charge in [-0.05, 0) is 34.8 Å². The van der Waals surface area contributed by atoms with Crippen LogP contribution in [-0.4, -0.2) is 0 Å². The highest BCUT2D eigenvalue weighted by atomic mass is 79.9. The molecule has 0 bridgehead atoms. The normalized spacial score (nSPS) is 9.64. The smallest absolute Gasteiger partial charge is 0.102 e. The number of hydrogen-bond donors (Lipinski definition) is 0. The van der Waals surface area contributed by atoms with Crippen molar-refractivity contribution in [2.75, 3.05) is 0 Å². The summed E-state index contributed by atoms with van der Waals surface area (Å²) in [5, 5.41) is 8.77. The first-order chi connectivity index (χ1) is 5.20. The van der Waals surface area contributed by atoms with Gasteiger partial charge in [0.15, 0.2) is 0 Å². The second-order valence-corrected chi connectivity index (χ2v) is 4.79. The number of halogens is 1. The van der Waals surface area contributed by atoms with Crippen molar-refractivity contribution in [3.63, 3.8) is 0 Å². The van der Waals surface area contributed by atoms with Crippen LogP contribution in [0.3, 0.4) is 0 Å². The number of hydrogen-bond acceptors (Lipinski definition) is 2. The predicted octanol–water partition coefficient (Wildman–Crippen LogP) is 3.25. The second kappa shape index (κ2) is 3.38. The van der Waals surface area contributed by atoms with Crippen LogP contribution in [0, 0.1) is 18.3 Å². The third-order valence-electron chi connectivity index (χ3n) is 1.63. The first kappa shape index (κ1) is 8.76. The Bertz CT molecular complexity index is 309. The van der Waals surface area contributed by atoms with Crippen molar-refractivity contribution in [2.45, 2.75) is 20.3 Å². The molecule has 1 heterocycles. The van der Waals surface area contributed by atoms with E-state index in [1.165, 1.54) is 10.4 Å². The second-order valence-electron chi connectivity index (χ2n) is 2.25. The van der Waals surface area contributed by atoms with Crippen LogP contribution >= 0.6 is 27.3 Å². The molecule has 1 nitrogen and oxygen atoms in total. The number of thiophene rings is 1. The average Bonchev–Trinajstić information content (AvgIpc) is 2.24. The van der Waals surface area contributed by atoms with E-state index in [4.69, 9.17) is 5.26 Å². The molecule has 0 aliphatic carbocycles. The van der Waals surface area contributed by atoms with Crippen LogP contribution in [0.15, 0.2) is 3.79 Å². The number of rotatable bonds is 1. The Morgan fingerprint density at radius 1 is 1.64 bits per heavy atom. The Morgan fingerprint density at radius 2 is 2.27 bits per heavy atom. The summed E-state index contributed by atoms with van der Waals surface area (Å²) in [4.78, 5) is 1.25. The van der Waals surface area contributed by atoms with Crippen molar-refractivity contribution in [1.29, 1.82) is 5.26 Å². The molecule has 11 heavy (non-hydrogen) atoms. The SMILES string of the molecule is CCc1c(C)sc(Br)c1C#N. The molecule has 1 rings (SSSR count). The summed E-state index contributed by atoms with van der Waals surface area (Å²) >= 11 is 5.00. The van der Waals surface area contributed by atoms with Gasteiger partial charge in [-0.3, -0.25) is 0 Å². The fraction of sp³-hybridized carbons (Fsp3) is 0.375. The van der Waals surface area contributed by atoms with Gasteiger partial charge in [-0.25, -0.2) is 0 Å². The van der Waals surface area contributed by atoms with Crippen molar-refractivity contribution in [3.8, 4) is 6.07 Å². The Labute approximate surface area is 78.8 Å². The fourth-order valence-corrected chi connectivity index (χ4v) is 3.04. The minimum absolute atomic E-state index is 0.815. The molecule has 0 spiro atoms. The van der Waals surface area contributed by atoms with E-state index in [0.29, 0.717) is 0 Å². The molecule has 0 amide bonds. The summed E-state index contributed by atoms with van der Waals surface area (Å²) in [5.74, 6) is 0. The Hall–Kier alpha value is -0.330. The van der Waals surface area contributed by atoms with Crippen molar-refractivity contribution in [1.82, 2.24) is 0 Å². The highest BCUT2D eigenvalue weighted by Gasteiger charge is 2.10. The van der Waals surface area contributed by atoms with Crippen molar-refractivity contribution in [3.05, 3.63) is 19.8 Å². The van der Waals surface area contributed by atoms with Crippen molar-refractivity contribution < 1.29 is 0 Å². The van der Waals surface area contributed by atoms with Gasteiger partial charge >= 0.3 is 0 Å². The predicted molar refractivity (Wildman–Crippen MR) is 50.8 cm³/mol. The number of nitrogens with zero attached hydrogens (tertiary/aromatic N) is 1. The van der Waals surface area contributed by atoms with E-state index in [0.717, 1.165) is 15.8 Å². The summed E-state index contributed by atoms with van der Waals surface area (Å²) in [7, 11) is 0. The maximum atomic E-state index is 8.77. The first-order valence-corrected chi connectivity index (χ1v) is 4.99. The molecule has 1 aromatic rings. The van der Waals surface area contributed by atoms with Gasteiger partial charge < -0.3 is 0 Å². The standard InChI is InChI=1S/C8H8BrNS/c1-3-6-5(2)11-8(9)7(6)4-10/h3H2,1-2H3. The molecule has 1 aromatic heterocycles. The van der Waals surface area contributed by atoms with E-state index in [2.05, 4.69) is 35.8 Å². The van der Waals surface area contributed by atoms with E-state index in [9.17, 15) is 0 Å². The van der Waals surface area contributed by atoms with Gasteiger partial charge in [0.05, 0.1) is 9.35 Å². The largest absolute Gasteiger partial charge is 0.192 e. The Balaban J connectivity index is 3.31. The molecule has 58 valence electrons. The molecular weight excluding hydrogens is 222 g/mol. The lowest BCUT2D eigenvalue weighted by atomic mass is 10.1. The zero-order valence-corrected chi connectivity index (χ0v) is 8.84. The van der Waals surface area contributed by atoms with Gasteiger partial charge in [-0.2, -0.15) is 5.26 Å². The molecule has 0 aromatic carbocycles. The van der Waals surface area contributed by atoms with Crippen molar-refractivity contribution >= 4 is 27.3 Å². The van der Waals surface area contributed by atoms with Gasteiger partial charge in [0, 0.05) is 4.88 Å². The van der Waals surface area contributed by atoms with Crippen LogP contribution in [0.4, 0.5) is 0 Å². The van der Waals surface area contributed by atoms with Crippen LogP contribution < -0.4 is 0 Å². The molecular formula is C8H8BrNS. The molecule has 0 saturated heterocycles. The molecule has 3 heteroatoms. The fourth-order valence-electron chi connectivity index (χ4n) is 1.08. The zero-order valence-electron chi connectivity index (χ0n) is 6.44. The lowest BCUT2D eigenvalue weighted by molar-refractivity contribution is 1.12. The summed E-state index contributed by atoms with van der Waals surface area (Å²) in [6, 6.07) is 2.20. The molecule has 0 aliphatic heterocycles. The summed E-state index contributed by atoms with van der Waals surface area (Å²) in [6.07, 6.45) is 0.941. The summed E-state index contributed by atoms with van der Waals surface area (Å²) in [6.45, 7) is 4.12. The molecule has 0 unspecified atom stereocenters. The van der Waals surface area contributed by atoms with E-state index in [1.54, 1.807) is 11.3 Å². The van der Waals surface area contributed by atoms with Gasteiger partial charge in [0.25, 0.3) is 0 Å². The molecule has 0 fully saturated rings. The van der Waals surface area contributed by atoms with E-state index in [1.807, 2.05) is 0 Å². The minimum Gasteiger partial charge on any atom is -0.192 e. The van der Waals surface area contributed by atoms with Crippen molar-refractivity contribution in [2.24, 2.45) is 0 Å². The molecule has 0 aliphatic rings. The highest BCUT2D eigenvalue weighted by molar-refractivity contribution is 9.11. The highest BCUT2D eigenvalue weighted by Crippen LogP contribution is 2.32. The summed E-state index contributed by atoms with van der Waals surface area (Å²) in [5.41, 5.74) is 2.00. The monoisotopic (exact) mass is 229 g/mol. The maximum Gasteiger partial charge on any atom is 0.102 e. The van der Waals surface area contributed by atoms with Crippen LogP contribution in [0.2, 0.25) is 0 Å². The summed E-state index contributed by atoms with van der Waals surface area (Å²) < 4.78 is 0.967. The third-order valence-corrected chi connectivity index (χ3v) is 3.45. The van der Waals surface area contributed by atoms with Crippen LogP contribution in [-0.2, 0) is 6.42 Å². The van der Waals surface area contributed by atoms with Gasteiger partial charge in [-0.1, -0.05) is 6.92 Å². The molecule has 0 N–H and O–H groups in total. The zero-order chi connectivity index (χ0) is 8.43. The van der Waals surface area contributed by atoms with E-state index in [-0.39, 0.29) is 0 Å². The average molecular weight is 230 g/mol. The quantitative estimate of drug-likeness (QED) is 0.726. The molecule has 0 radical (unpaired) electrons. The van der Waals surface area contributed by atoms with Gasteiger partial charge in [0.1, 0.15) is 6.07 Å². The van der Waals surface area contributed by atoms with Crippen LogP contribution in [0.25, 0.3) is 0 Å². The van der Waals surface area contributed by atoms with Gasteiger partial charge in [0.2, 0.25) is 0 Å². The Kier molecular flexibility index (Phi) is 2.69. The first-order valence-electron chi connectivity index (χ1n) is 3.38. The number of nitriles is 1.